The van der Waals surface area contributed by atoms with Crippen LogP contribution in [0.1, 0.15) is 32.3 Å². The monoisotopic (exact) mass is 309 g/mol. The van der Waals surface area contributed by atoms with Crippen LogP contribution < -0.4 is 10.1 Å². The molecule has 0 fully saturated rings. The smallest absolute Gasteiger partial charge is 0.251 e. The van der Waals surface area contributed by atoms with Gasteiger partial charge in [0.05, 0.1) is 5.57 Å². The lowest BCUT2D eigenvalue weighted by Gasteiger charge is -2.30. The molecule has 2 rings (SSSR count). The van der Waals surface area contributed by atoms with Gasteiger partial charge in [-0.05, 0) is 44.0 Å². The van der Waals surface area contributed by atoms with E-state index in [9.17, 15) is 4.79 Å². The fourth-order valence-electron chi connectivity index (χ4n) is 2.21. The van der Waals surface area contributed by atoms with Gasteiger partial charge in [-0.3, -0.25) is 4.79 Å². The van der Waals surface area contributed by atoms with E-state index in [0.717, 1.165) is 17.7 Å². The molecule has 0 radical (unpaired) electrons. The van der Waals surface area contributed by atoms with Gasteiger partial charge in [0.15, 0.2) is 0 Å². The third kappa shape index (κ3) is 3.77. The van der Waals surface area contributed by atoms with E-state index < -0.39 is 5.54 Å². The third-order valence-electron chi connectivity index (χ3n) is 3.84. The zero-order valence-electron chi connectivity index (χ0n) is 12.3. The maximum Gasteiger partial charge on any atom is 0.251 e. The molecule has 21 heavy (non-hydrogen) atoms. The number of nitrogens with one attached hydrogen (secondary N) is 1. The lowest BCUT2D eigenvalue weighted by molar-refractivity contribution is -0.119. The normalized spacial score (nSPS) is 16.3. The highest BCUT2D eigenvalue weighted by Crippen LogP contribution is 2.29. The average Bonchev–Trinajstić information content (AvgIpc) is 2.46. The van der Waals surface area contributed by atoms with Crippen LogP contribution in [0.25, 0.3) is 6.08 Å². The molecule has 1 amide bonds. The van der Waals surface area contributed by atoms with Crippen molar-refractivity contribution in [3.8, 4) is 5.75 Å². The standard InChI is InChI=1S/C16H20ClNO3/c1-3-16(2,6-7-19)18-15(20)12-8-11-9-13(17)4-5-14(11)21-10-12/h4-5,8-9,19H,3,6-7,10H2,1-2H3,(H,18,20). The van der Waals surface area contributed by atoms with Crippen molar-refractivity contribution in [2.75, 3.05) is 13.2 Å². The molecule has 0 saturated carbocycles. The predicted molar refractivity (Wildman–Crippen MR) is 83.5 cm³/mol. The highest BCUT2D eigenvalue weighted by molar-refractivity contribution is 6.30. The first-order valence-electron chi connectivity index (χ1n) is 7.04. The summed E-state index contributed by atoms with van der Waals surface area (Å²) in [6.45, 7) is 4.19. The van der Waals surface area contributed by atoms with Crippen LogP contribution in [0.5, 0.6) is 5.75 Å². The van der Waals surface area contributed by atoms with Crippen LogP contribution in [0.2, 0.25) is 5.02 Å². The summed E-state index contributed by atoms with van der Waals surface area (Å²) < 4.78 is 5.58. The fraction of sp³-hybridized carbons (Fsp3) is 0.438. The zero-order valence-corrected chi connectivity index (χ0v) is 13.0. The highest BCUT2D eigenvalue weighted by Gasteiger charge is 2.26. The number of carbonyl (C=O) groups is 1. The number of aliphatic hydroxyl groups is 1. The molecule has 0 aliphatic carbocycles. The summed E-state index contributed by atoms with van der Waals surface area (Å²) in [5.74, 6) is 0.558. The SMILES string of the molecule is CCC(C)(CCO)NC(=O)C1=Cc2cc(Cl)ccc2OC1. The van der Waals surface area contributed by atoms with Gasteiger partial charge in [0, 0.05) is 22.7 Å². The molecule has 0 saturated heterocycles. The van der Waals surface area contributed by atoms with Crippen molar-refractivity contribution in [2.45, 2.75) is 32.2 Å². The lowest BCUT2D eigenvalue weighted by atomic mass is 9.94. The summed E-state index contributed by atoms with van der Waals surface area (Å²) in [6.07, 6.45) is 3.07. The molecule has 1 unspecified atom stereocenters. The molecule has 4 nitrogen and oxygen atoms in total. The number of benzene rings is 1. The second-order valence-electron chi connectivity index (χ2n) is 5.48. The minimum atomic E-state index is -0.415. The Labute approximate surface area is 129 Å². The quantitative estimate of drug-likeness (QED) is 0.879. The molecule has 1 atom stereocenters. The number of hydrogen-bond donors (Lipinski definition) is 2. The summed E-state index contributed by atoms with van der Waals surface area (Å²) in [4.78, 5) is 12.4. The summed E-state index contributed by atoms with van der Waals surface area (Å²) in [6, 6.07) is 5.33. The topological polar surface area (TPSA) is 58.6 Å². The zero-order chi connectivity index (χ0) is 15.5. The summed E-state index contributed by atoms with van der Waals surface area (Å²) in [5.41, 5.74) is 0.947. The van der Waals surface area contributed by atoms with Crippen LogP contribution in [0.15, 0.2) is 23.8 Å². The average molecular weight is 310 g/mol. The molecule has 2 N–H and O–H groups in total. The minimum Gasteiger partial charge on any atom is -0.488 e. The summed E-state index contributed by atoms with van der Waals surface area (Å²) >= 11 is 5.96. The summed E-state index contributed by atoms with van der Waals surface area (Å²) in [7, 11) is 0. The number of rotatable bonds is 5. The van der Waals surface area contributed by atoms with Crippen LogP contribution in [0.4, 0.5) is 0 Å². The van der Waals surface area contributed by atoms with Gasteiger partial charge in [0.1, 0.15) is 12.4 Å². The van der Waals surface area contributed by atoms with E-state index in [-0.39, 0.29) is 19.1 Å². The second-order valence-corrected chi connectivity index (χ2v) is 5.92. The van der Waals surface area contributed by atoms with E-state index >= 15 is 0 Å². The van der Waals surface area contributed by atoms with E-state index in [0.29, 0.717) is 17.0 Å². The van der Waals surface area contributed by atoms with Gasteiger partial charge in [-0.1, -0.05) is 18.5 Å². The number of aliphatic hydroxyl groups excluding tert-OH is 1. The Morgan fingerprint density at radius 3 is 2.95 bits per heavy atom. The van der Waals surface area contributed by atoms with Crippen LogP contribution in [-0.2, 0) is 4.79 Å². The first kappa shape index (κ1) is 15.9. The largest absolute Gasteiger partial charge is 0.488 e. The van der Waals surface area contributed by atoms with Gasteiger partial charge in [-0.15, -0.1) is 0 Å². The van der Waals surface area contributed by atoms with Gasteiger partial charge in [0.2, 0.25) is 0 Å². The molecule has 1 heterocycles. The molecule has 1 aromatic rings. The summed E-state index contributed by atoms with van der Waals surface area (Å²) in [5, 5.41) is 12.7. The molecule has 1 aliphatic heterocycles. The van der Waals surface area contributed by atoms with Crippen molar-refractivity contribution >= 4 is 23.6 Å². The van der Waals surface area contributed by atoms with Crippen LogP contribution >= 0.6 is 11.6 Å². The molecule has 1 aliphatic rings. The van der Waals surface area contributed by atoms with Gasteiger partial charge in [-0.2, -0.15) is 0 Å². The van der Waals surface area contributed by atoms with Gasteiger partial charge in [-0.25, -0.2) is 0 Å². The van der Waals surface area contributed by atoms with Gasteiger partial charge in [0.25, 0.3) is 5.91 Å². The maximum absolute atomic E-state index is 12.4. The molecule has 0 spiro atoms. The van der Waals surface area contributed by atoms with Crippen LogP contribution in [0.3, 0.4) is 0 Å². The van der Waals surface area contributed by atoms with Gasteiger partial charge < -0.3 is 15.2 Å². The van der Waals surface area contributed by atoms with Crippen molar-refractivity contribution < 1.29 is 14.6 Å². The number of hydrogen-bond acceptors (Lipinski definition) is 3. The van der Waals surface area contributed by atoms with Crippen molar-refractivity contribution in [1.82, 2.24) is 5.32 Å². The van der Waals surface area contributed by atoms with Crippen molar-refractivity contribution in [1.29, 1.82) is 0 Å². The number of halogens is 1. The fourth-order valence-corrected chi connectivity index (χ4v) is 2.39. The molecular formula is C16H20ClNO3. The Hall–Kier alpha value is -1.52. The van der Waals surface area contributed by atoms with Crippen molar-refractivity contribution in [3.05, 3.63) is 34.4 Å². The molecule has 0 bridgehead atoms. The first-order chi connectivity index (χ1) is 9.97. The molecule has 0 aromatic heterocycles. The predicted octanol–water partition coefficient (Wildman–Crippen LogP) is 2.78. The number of carbonyl (C=O) groups excluding carboxylic acids is 1. The Bertz CT molecular complexity index is 571. The van der Waals surface area contributed by atoms with E-state index in [2.05, 4.69) is 5.32 Å². The van der Waals surface area contributed by atoms with Crippen molar-refractivity contribution in [3.63, 3.8) is 0 Å². The number of amides is 1. The molecule has 114 valence electrons. The first-order valence-corrected chi connectivity index (χ1v) is 7.41. The second kappa shape index (κ2) is 6.50. The molecule has 5 heteroatoms. The Morgan fingerprint density at radius 1 is 1.52 bits per heavy atom. The molecule has 1 aromatic carbocycles. The van der Waals surface area contributed by atoms with Gasteiger partial charge >= 0.3 is 0 Å². The van der Waals surface area contributed by atoms with E-state index in [1.165, 1.54) is 0 Å². The van der Waals surface area contributed by atoms with Crippen LogP contribution in [0, 0.1) is 0 Å². The lowest BCUT2D eigenvalue weighted by Crippen LogP contribution is -2.47. The highest BCUT2D eigenvalue weighted by atomic mass is 35.5. The minimum absolute atomic E-state index is 0.0403. The number of ether oxygens (including phenoxy) is 1. The van der Waals surface area contributed by atoms with E-state index in [1.54, 1.807) is 24.3 Å². The Kier molecular flexibility index (Phi) is 4.91. The molecular weight excluding hydrogens is 290 g/mol. The third-order valence-corrected chi connectivity index (χ3v) is 4.07. The Balaban J connectivity index is 2.17. The van der Waals surface area contributed by atoms with Crippen LogP contribution in [-0.4, -0.2) is 29.8 Å². The van der Waals surface area contributed by atoms with E-state index in [4.69, 9.17) is 21.4 Å². The van der Waals surface area contributed by atoms with E-state index in [1.807, 2.05) is 13.8 Å². The van der Waals surface area contributed by atoms with Crippen molar-refractivity contribution in [2.24, 2.45) is 0 Å². The maximum atomic E-state index is 12.4. The Morgan fingerprint density at radius 2 is 2.29 bits per heavy atom. The number of fused-ring (bicyclic) bond motifs is 1.